The zero-order valence-corrected chi connectivity index (χ0v) is 44.1. The highest BCUT2D eigenvalue weighted by Gasteiger charge is 2.25. The number of nitrogens with two attached hydrogens (primary N) is 1. The Hall–Kier alpha value is -1.02. The molecule has 2 atom stereocenters. The van der Waals surface area contributed by atoms with Crippen LogP contribution in [0.1, 0.15) is 290 Å². The van der Waals surface area contributed by atoms with Crippen LogP contribution in [0.3, 0.4) is 0 Å². The smallest absolute Gasteiger partial charge is 0.457 e. The molecule has 2 unspecified atom stereocenters. The molecule has 0 amide bonds. The monoisotopic (exact) mass is 940 g/mol. The van der Waals surface area contributed by atoms with E-state index in [9.17, 15) is 14.3 Å². The van der Waals surface area contributed by atoms with Gasteiger partial charge in [-0.1, -0.05) is 263 Å². The number of hydrogen-bond donors (Lipinski definition) is 2. The number of phosphoric ester groups is 1. The van der Waals surface area contributed by atoms with Gasteiger partial charge in [0.25, 0.3) is 0 Å². The van der Waals surface area contributed by atoms with Gasteiger partial charge in [-0.2, -0.15) is 0 Å². The van der Waals surface area contributed by atoms with Crippen LogP contribution in [0.5, 0.6) is 0 Å². The number of esters is 1. The molecule has 0 heterocycles. The van der Waals surface area contributed by atoms with Crippen molar-refractivity contribution in [1.82, 2.24) is 0 Å². The van der Waals surface area contributed by atoms with Crippen molar-refractivity contribution in [2.24, 2.45) is 5.73 Å². The molecule has 0 bridgehead atoms. The Labute approximate surface area is 404 Å². The van der Waals surface area contributed by atoms with E-state index in [0.717, 1.165) is 38.5 Å². The molecule has 0 aliphatic carbocycles. The third-order valence-corrected chi connectivity index (χ3v) is 13.6. The van der Waals surface area contributed by atoms with E-state index in [-0.39, 0.29) is 32.3 Å². The van der Waals surface area contributed by atoms with Crippen molar-refractivity contribution in [3.05, 3.63) is 24.3 Å². The van der Waals surface area contributed by atoms with Crippen molar-refractivity contribution in [3.63, 3.8) is 0 Å². The molecule has 0 saturated carbocycles. The Morgan fingerprint density at radius 1 is 0.462 bits per heavy atom. The summed E-state index contributed by atoms with van der Waals surface area (Å²) in [5, 5.41) is 0. The number of carbonyl (C=O) groups is 1. The maximum Gasteiger partial charge on any atom is 0.472 e. The molecule has 0 aliphatic rings. The van der Waals surface area contributed by atoms with Gasteiger partial charge >= 0.3 is 13.8 Å². The Morgan fingerprint density at radius 3 is 1.20 bits per heavy atom. The van der Waals surface area contributed by atoms with E-state index in [2.05, 4.69) is 38.2 Å². The minimum Gasteiger partial charge on any atom is -0.457 e. The fourth-order valence-electron chi connectivity index (χ4n) is 8.44. The average molecular weight is 940 g/mol. The molecule has 0 aromatic rings. The third kappa shape index (κ3) is 53.8. The van der Waals surface area contributed by atoms with Crippen LogP contribution >= 0.6 is 7.82 Å². The lowest BCUT2D eigenvalue weighted by Gasteiger charge is -2.20. The fourth-order valence-corrected chi connectivity index (χ4v) is 9.21. The summed E-state index contributed by atoms with van der Waals surface area (Å²) < 4.78 is 33.7. The van der Waals surface area contributed by atoms with E-state index in [1.54, 1.807) is 0 Å². The van der Waals surface area contributed by atoms with Gasteiger partial charge in [0.15, 0.2) is 0 Å². The number of unbranched alkanes of at least 4 members (excludes halogenated alkanes) is 38. The predicted molar refractivity (Wildman–Crippen MR) is 280 cm³/mol. The zero-order chi connectivity index (χ0) is 47.3. The summed E-state index contributed by atoms with van der Waals surface area (Å²) in [7, 11) is -4.28. The molecule has 0 aromatic carbocycles. The van der Waals surface area contributed by atoms with Gasteiger partial charge in [0.1, 0.15) is 6.10 Å². The van der Waals surface area contributed by atoms with Crippen molar-refractivity contribution >= 4 is 13.8 Å². The van der Waals surface area contributed by atoms with E-state index in [0.29, 0.717) is 13.0 Å². The SMILES string of the molecule is CCCCCCC/C=C\C/C=C\CCCCCCCCCCCCOCC(COP(=O)(O)OCCN)OC(=O)CCCCCCCCCCCCCCCCCCCCCCCCCC. The van der Waals surface area contributed by atoms with Gasteiger partial charge in [0.2, 0.25) is 0 Å². The molecule has 0 spiro atoms. The summed E-state index contributed by atoms with van der Waals surface area (Å²) in [5.41, 5.74) is 5.40. The number of hydrogen-bond acceptors (Lipinski definition) is 7. The normalized spacial score (nSPS) is 13.4. The van der Waals surface area contributed by atoms with Gasteiger partial charge in [-0.25, -0.2) is 4.57 Å². The summed E-state index contributed by atoms with van der Waals surface area (Å²) in [6, 6.07) is 0. The summed E-state index contributed by atoms with van der Waals surface area (Å²) in [5.74, 6) is -0.324. The van der Waals surface area contributed by atoms with Crippen molar-refractivity contribution in [2.45, 2.75) is 296 Å². The molecular formula is C56H110NO7P. The standard InChI is InChI=1S/C56H110NO7P/c1-3-5-7-9-11-13-15-17-19-21-23-25-27-28-29-31-33-35-37-39-41-43-45-47-49-56(58)64-55(54-63-65(59,60)62-52-50-57)53-61-51-48-46-44-42-40-38-36-34-32-30-26-24-22-20-18-16-14-12-10-8-6-4-2/h16,18,22,24,55H,3-15,17,19-21,23,25-54,57H2,1-2H3,(H,59,60)/b18-16-,24-22-. The van der Waals surface area contributed by atoms with E-state index in [1.165, 1.54) is 231 Å². The van der Waals surface area contributed by atoms with Crippen molar-refractivity contribution < 1.29 is 32.8 Å². The summed E-state index contributed by atoms with van der Waals surface area (Å²) in [6.07, 6.45) is 63.7. The second-order valence-electron chi connectivity index (χ2n) is 19.2. The van der Waals surface area contributed by atoms with E-state index in [1.807, 2.05) is 0 Å². The Kier molecular flexibility index (Phi) is 53.1. The summed E-state index contributed by atoms with van der Waals surface area (Å²) in [6.45, 7) is 4.97. The Balaban J connectivity index is 3.86. The minimum atomic E-state index is -4.28. The summed E-state index contributed by atoms with van der Waals surface area (Å²) >= 11 is 0. The number of phosphoric acid groups is 1. The quantitative estimate of drug-likeness (QED) is 0.0268. The van der Waals surface area contributed by atoms with Gasteiger partial charge in [-0.3, -0.25) is 13.8 Å². The molecule has 0 radical (unpaired) electrons. The summed E-state index contributed by atoms with van der Waals surface area (Å²) in [4.78, 5) is 22.7. The molecule has 0 rings (SSSR count). The maximum atomic E-state index is 12.7. The van der Waals surface area contributed by atoms with Crippen LogP contribution in [-0.2, 0) is 27.9 Å². The second kappa shape index (κ2) is 53.9. The van der Waals surface area contributed by atoms with Gasteiger partial charge < -0.3 is 20.1 Å². The largest absolute Gasteiger partial charge is 0.472 e. The molecule has 65 heavy (non-hydrogen) atoms. The van der Waals surface area contributed by atoms with Gasteiger partial charge in [-0.15, -0.1) is 0 Å². The highest BCUT2D eigenvalue weighted by molar-refractivity contribution is 7.47. The van der Waals surface area contributed by atoms with Crippen LogP contribution in [0.15, 0.2) is 24.3 Å². The topological polar surface area (TPSA) is 117 Å². The molecule has 0 fully saturated rings. The first-order valence-corrected chi connectivity index (χ1v) is 29.8. The van der Waals surface area contributed by atoms with Crippen molar-refractivity contribution in [1.29, 1.82) is 0 Å². The van der Waals surface area contributed by atoms with Crippen molar-refractivity contribution in [3.8, 4) is 0 Å². The molecule has 0 aliphatic heterocycles. The van der Waals surface area contributed by atoms with E-state index < -0.39 is 13.9 Å². The fraction of sp³-hybridized carbons (Fsp3) is 0.911. The average Bonchev–Trinajstić information content (AvgIpc) is 3.30. The highest BCUT2D eigenvalue weighted by atomic mass is 31.2. The van der Waals surface area contributed by atoms with Gasteiger partial charge in [-0.05, 0) is 44.9 Å². The number of rotatable bonds is 55. The van der Waals surface area contributed by atoms with E-state index >= 15 is 0 Å². The lowest BCUT2D eigenvalue weighted by Crippen LogP contribution is -2.28. The van der Waals surface area contributed by atoms with Crippen LogP contribution in [0.4, 0.5) is 0 Å². The molecular weight excluding hydrogens is 830 g/mol. The molecule has 3 N–H and O–H groups in total. The van der Waals surface area contributed by atoms with Crippen LogP contribution in [0.25, 0.3) is 0 Å². The van der Waals surface area contributed by atoms with Crippen LogP contribution in [0.2, 0.25) is 0 Å². The van der Waals surface area contributed by atoms with Crippen molar-refractivity contribution in [2.75, 3.05) is 33.0 Å². The molecule has 0 saturated heterocycles. The van der Waals surface area contributed by atoms with Crippen LogP contribution in [-0.4, -0.2) is 49.9 Å². The number of ether oxygens (including phenoxy) is 2. The Morgan fingerprint density at radius 2 is 0.815 bits per heavy atom. The molecule has 0 aromatic heterocycles. The maximum absolute atomic E-state index is 12.7. The predicted octanol–water partition coefficient (Wildman–Crippen LogP) is 17.9. The zero-order valence-electron chi connectivity index (χ0n) is 43.2. The van der Waals surface area contributed by atoms with E-state index in [4.69, 9.17) is 24.3 Å². The lowest BCUT2D eigenvalue weighted by molar-refractivity contribution is -0.154. The second-order valence-corrected chi connectivity index (χ2v) is 20.6. The third-order valence-electron chi connectivity index (χ3n) is 12.6. The van der Waals surface area contributed by atoms with Crippen LogP contribution in [0, 0.1) is 0 Å². The first-order chi connectivity index (χ1) is 31.9. The molecule has 9 heteroatoms. The molecule has 8 nitrogen and oxygen atoms in total. The van der Waals surface area contributed by atoms with Gasteiger partial charge in [0.05, 0.1) is 19.8 Å². The first-order valence-electron chi connectivity index (χ1n) is 28.3. The minimum absolute atomic E-state index is 0.0933. The first kappa shape index (κ1) is 64.0. The number of allylic oxidation sites excluding steroid dienone is 4. The lowest BCUT2D eigenvalue weighted by atomic mass is 10.0. The Bertz CT molecular complexity index is 1060. The van der Waals surface area contributed by atoms with Crippen LogP contribution < -0.4 is 5.73 Å². The molecule has 386 valence electrons. The number of carbonyl (C=O) groups excluding carboxylic acids is 1. The highest BCUT2D eigenvalue weighted by Crippen LogP contribution is 2.43. The van der Waals surface area contributed by atoms with Gasteiger partial charge in [0, 0.05) is 19.6 Å².